The van der Waals surface area contributed by atoms with Gasteiger partial charge in [-0.25, -0.2) is 4.39 Å². The van der Waals surface area contributed by atoms with E-state index in [2.05, 4.69) is 4.98 Å². The van der Waals surface area contributed by atoms with Crippen LogP contribution in [0.5, 0.6) is 0 Å². The lowest BCUT2D eigenvalue weighted by Gasteiger charge is -2.06. The molecule has 0 amide bonds. The van der Waals surface area contributed by atoms with Crippen molar-refractivity contribution in [2.75, 3.05) is 0 Å². The summed E-state index contributed by atoms with van der Waals surface area (Å²) >= 11 is 0. The normalized spacial score (nSPS) is 12.9. The second-order valence-corrected chi connectivity index (χ2v) is 3.93. The average molecular weight is 221 g/mol. The number of benzene rings is 1. The van der Waals surface area contributed by atoms with E-state index >= 15 is 0 Å². The number of aromatic amines is 1. The largest absolute Gasteiger partial charge is 0.481 e. The second kappa shape index (κ2) is 3.96. The van der Waals surface area contributed by atoms with Crippen LogP contribution in [-0.2, 0) is 4.79 Å². The van der Waals surface area contributed by atoms with E-state index in [9.17, 15) is 9.18 Å². The van der Waals surface area contributed by atoms with Crippen molar-refractivity contribution in [1.29, 1.82) is 0 Å². The van der Waals surface area contributed by atoms with Gasteiger partial charge in [0.2, 0.25) is 0 Å². The van der Waals surface area contributed by atoms with Gasteiger partial charge in [0, 0.05) is 17.1 Å². The molecule has 0 spiro atoms. The van der Waals surface area contributed by atoms with E-state index in [0.717, 1.165) is 16.5 Å². The zero-order valence-corrected chi connectivity index (χ0v) is 8.83. The highest BCUT2D eigenvalue weighted by atomic mass is 19.1. The highest BCUT2D eigenvalue weighted by Gasteiger charge is 2.14. The Kier molecular flexibility index (Phi) is 2.64. The zero-order valence-electron chi connectivity index (χ0n) is 8.83. The van der Waals surface area contributed by atoms with Crippen LogP contribution in [0.25, 0.3) is 10.9 Å². The van der Waals surface area contributed by atoms with Crippen molar-refractivity contribution < 1.29 is 14.3 Å². The molecule has 1 unspecified atom stereocenters. The van der Waals surface area contributed by atoms with Gasteiger partial charge in [-0.15, -0.1) is 0 Å². The summed E-state index contributed by atoms with van der Waals surface area (Å²) in [5, 5.41) is 9.48. The molecule has 16 heavy (non-hydrogen) atoms. The van der Waals surface area contributed by atoms with Gasteiger partial charge < -0.3 is 10.1 Å². The van der Waals surface area contributed by atoms with Gasteiger partial charge in [-0.2, -0.15) is 0 Å². The Bertz CT molecular complexity index is 533. The minimum absolute atomic E-state index is 0.0451. The Hall–Kier alpha value is -1.84. The molecule has 0 bridgehead atoms. The smallest absolute Gasteiger partial charge is 0.303 e. The third-order valence-corrected chi connectivity index (χ3v) is 2.69. The summed E-state index contributed by atoms with van der Waals surface area (Å²) in [6, 6.07) is 4.46. The van der Waals surface area contributed by atoms with Gasteiger partial charge in [0.05, 0.1) is 6.42 Å². The van der Waals surface area contributed by atoms with Crippen LogP contribution in [0.2, 0.25) is 0 Å². The molecule has 1 aromatic heterocycles. The minimum atomic E-state index is -0.849. The van der Waals surface area contributed by atoms with E-state index in [1.807, 2.05) is 6.92 Å². The fourth-order valence-electron chi connectivity index (χ4n) is 1.89. The lowest BCUT2D eigenvalue weighted by Crippen LogP contribution is -2.02. The third-order valence-electron chi connectivity index (χ3n) is 2.69. The van der Waals surface area contributed by atoms with Gasteiger partial charge in [-0.1, -0.05) is 6.92 Å². The Morgan fingerprint density at radius 2 is 2.31 bits per heavy atom. The predicted molar refractivity (Wildman–Crippen MR) is 58.9 cm³/mol. The number of carboxylic acids is 1. The highest BCUT2D eigenvalue weighted by Crippen LogP contribution is 2.28. The van der Waals surface area contributed by atoms with Crippen molar-refractivity contribution in [2.45, 2.75) is 19.3 Å². The lowest BCUT2D eigenvalue weighted by molar-refractivity contribution is -0.137. The van der Waals surface area contributed by atoms with Crippen molar-refractivity contribution in [2.24, 2.45) is 0 Å². The minimum Gasteiger partial charge on any atom is -0.481 e. The van der Waals surface area contributed by atoms with Gasteiger partial charge in [0.1, 0.15) is 5.82 Å². The topological polar surface area (TPSA) is 53.1 Å². The van der Waals surface area contributed by atoms with Crippen LogP contribution in [-0.4, -0.2) is 16.1 Å². The highest BCUT2D eigenvalue weighted by molar-refractivity contribution is 5.84. The summed E-state index contributed by atoms with van der Waals surface area (Å²) in [6.07, 6.45) is 1.79. The summed E-state index contributed by atoms with van der Waals surface area (Å²) < 4.78 is 13.1. The Labute approximate surface area is 91.9 Å². The number of aromatic nitrogens is 1. The summed E-state index contributed by atoms with van der Waals surface area (Å²) in [5.41, 5.74) is 1.67. The molecule has 4 heteroatoms. The van der Waals surface area contributed by atoms with Crippen LogP contribution in [0, 0.1) is 5.82 Å². The molecule has 84 valence electrons. The number of aliphatic carboxylic acids is 1. The summed E-state index contributed by atoms with van der Waals surface area (Å²) in [7, 11) is 0. The second-order valence-electron chi connectivity index (χ2n) is 3.93. The number of H-pyrrole nitrogens is 1. The fourth-order valence-corrected chi connectivity index (χ4v) is 1.89. The van der Waals surface area contributed by atoms with Gasteiger partial charge in [0.15, 0.2) is 0 Å². The molecular formula is C12H12FNO2. The number of carboxylic acid groups (broad SMARTS) is 1. The standard InChI is InChI=1S/C12H12FNO2/c1-7(4-12(15)16)10-6-14-11-3-2-8(13)5-9(10)11/h2-3,5-7,14H,4H2,1H3,(H,15,16). The maximum Gasteiger partial charge on any atom is 0.303 e. The van der Waals surface area contributed by atoms with Crippen molar-refractivity contribution in [3.63, 3.8) is 0 Å². The number of carbonyl (C=O) groups is 1. The first-order valence-electron chi connectivity index (χ1n) is 5.06. The molecule has 0 aliphatic rings. The molecule has 0 saturated heterocycles. The summed E-state index contributed by atoms with van der Waals surface area (Å²) in [6.45, 7) is 1.82. The van der Waals surface area contributed by atoms with Gasteiger partial charge in [0.25, 0.3) is 0 Å². The molecular weight excluding hydrogens is 209 g/mol. The number of halogens is 1. The molecule has 0 fully saturated rings. The monoisotopic (exact) mass is 221 g/mol. The Morgan fingerprint density at radius 1 is 1.56 bits per heavy atom. The number of rotatable bonds is 3. The van der Waals surface area contributed by atoms with Crippen molar-refractivity contribution >= 4 is 16.9 Å². The van der Waals surface area contributed by atoms with Crippen molar-refractivity contribution in [1.82, 2.24) is 4.98 Å². The van der Waals surface area contributed by atoms with E-state index in [1.165, 1.54) is 12.1 Å². The quantitative estimate of drug-likeness (QED) is 0.837. The van der Waals surface area contributed by atoms with Crippen molar-refractivity contribution in [3.05, 3.63) is 35.8 Å². The van der Waals surface area contributed by atoms with E-state index in [0.29, 0.717) is 0 Å². The molecule has 0 aliphatic heterocycles. The van der Waals surface area contributed by atoms with Crippen LogP contribution in [0.1, 0.15) is 24.8 Å². The Morgan fingerprint density at radius 3 is 3.00 bits per heavy atom. The van der Waals surface area contributed by atoms with Gasteiger partial charge in [-0.05, 0) is 29.7 Å². The molecule has 1 aromatic carbocycles. The van der Waals surface area contributed by atoms with Crippen LogP contribution >= 0.6 is 0 Å². The van der Waals surface area contributed by atoms with E-state index in [4.69, 9.17) is 5.11 Å². The molecule has 0 saturated carbocycles. The average Bonchev–Trinajstić information content (AvgIpc) is 2.59. The molecule has 3 nitrogen and oxygen atoms in total. The maximum atomic E-state index is 13.1. The molecule has 1 heterocycles. The first-order chi connectivity index (χ1) is 7.58. The van der Waals surface area contributed by atoms with Crippen LogP contribution in [0.15, 0.2) is 24.4 Å². The van der Waals surface area contributed by atoms with E-state index in [-0.39, 0.29) is 18.2 Å². The SMILES string of the molecule is CC(CC(=O)O)c1c[nH]c2ccc(F)cc12. The Balaban J connectivity index is 2.44. The van der Waals surface area contributed by atoms with Gasteiger partial charge in [-0.3, -0.25) is 4.79 Å². The molecule has 2 rings (SSSR count). The molecule has 0 aliphatic carbocycles. The first-order valence-corrected chi connectivity index (χ1v) is 5.06. The maximum absolute atomic E-state index is 13.1. The summed E-state index contributed by atoms with van der Waals surface area (Å²) in [5.74, 6) is -1.29. The fraction of sp³-hybridized carbons (Fsp3) is 0.250. The van der Waals surface area contributed by atoms with Crippen LogP contribution in [0.4, 0.5) is 4.39 Å². The number of hydrogen-bond acceptors (Lipinski definition) is 1. The third kappa shape index (κ3) is 1.91. The van der Waals surface area contributed by atoms with Crippen molar-refractivity contribution in [3.8, 4) is 0 Å². The van der Waals surface area contributed by atoms with Crippen LogP contribution < -0.4 is 0 Å². The van der Waals surface area contributed by atoms with Gasteiger partial charge >= 0.3 is 5.97 Å². The molecule has 2 N–H and O–H groups in total. The number of fused-ring (bicyclic) bond motifs is 1. The van der Waals surface area contributed by atoms with Crippen LogP contribution in [0.3, 0.4) is 0 Å². The zero-order chi connectivity index (χ0) is 11.7. The molecule has 0 radical (unpaired) electrons. The predicted octanol–water partition coefficient (Wildman–Crippen LogP) is 2.89. The molecule has 2 aromatic rings. The number of hydrogen-bond donors (Lipinski definition) is 2. The lowest BCUT2D eigenvalue weighted by atomic mass is 9.97. The van der Waals surface area contributed by atoms with E-state index in [1.54, 1.807) is 12.3 Å². The summed E-state index contributed by atoms with van der Waals surface area (Å²) in [4.78, 5) is 13.6. The molecule has 1 atom stereocenters. The number of nitrogens with one attached hydrogen (secondary N) is 1. The van der Waals surface area contributed by atoms with E-state index < -0.39 is 5.97 Å². The first kappa shape index (κ1) is 10.7.